The minimum atomic E-state index is -0.824. The maximum atomic E-state index is 6.24. The summed E-state index contributed by atoms with van der Waals surface area (Å²) in [6.07, 6.45) is 8.44. The summed E-state index contributed by atoms with van der Waals surface area (Å²) < 4.78 is 17.8. The lowest BCUT2D eigenvalue weighted by atomic mass is 9.80. The van der Waals surface area contributed by atoms with Crippen molar-refractivity contribution < 1.29 is 14.2 Å². The lowest BCUT2D eigenvalue weighted by Crippen LogP contribution is -2.32. The van der Waals surface area contributed by atoms with Crippen LogP contribution >= 0.6 is 0 Å². The zero-order valence-corrected chi connectivity index (χ0v) is 18.5. The van der Waals surface area contributed by atoms with E-state index < -0.39 is 5.54 Å². The molecular weight excluding hydrogens is 416 g/mol. The van der Waals surface area contributed by atoms with Crippen molar-refractivity contribution in [2.24, 2.45) is 10.7 Å². The Kier molecular flexibility index (Phi) is 4.32. The maximum absolute atomic E-state index is 6.24. The highest BCUT2D eigenvalue weighted by Gasteiger charge is 2.48. The Morgan fingerprint density at radius 3 is 2.64 bits per heavy atom. The monoisotopic (exact) mass is 440 g/mol. The second-order valence-electron chi connectivity index (χ2n) is 9.10. The highest BCUT2D eigenvalue weighted by atomic mass is 16.5. The molecule has 1 spiro atoms. The second kappa shape index (κ2) is 7.15. The van der Waals surface area contributed by atoms with Crippen LogP contribution in [-0.4, -0.2) is 34.8 Å². The molecule has 1 aromatic carbocycles. The fourth-order valence-electron chi connectivity index (χ4n) is 4.80. The first-order valence-electron chi connectivity index (χ1n) is 11.0. The number of nitrogens with zero attached hydrogens (tertiary/aromatic N) is 3. The molecule has 7 heteroatoms. The molecule has 166 valence electrons. The molecule has 0 fully saturated rings. The average molecular weight is 441 g/mol. The fraction of sp³-hybridized carbons (Fsp3) is 0.269. The van der Waals surface area contributed by atoms with Crippen molar-refractivity contribution in [1.29, 1.82) is 0 Å². The number of amidine groups is 1. The van der Waals surface area contributed by atoms with E-state index in [1.165, 1.54) is 5.57 Å². The molecule has 3 aliphatic heterocycles. The van der Waals surface area contributed by atoms with Crippen molar-refractivity contribution in [1.82, 2.24) is 9.97 Å². The molecule has 3 aliphatic rings. The van der Waals surface area contributed by atoms with Crippen LogP contribution in [0, 0.1) is 0 Å². The molecule has 0 unspecified atom stereocenters. The lowest BCUT2D eigenvalue weighted by Gasteiger charge is -2.34. The van der Waals surface area contributed by atoms with Crippen LogP contribution in [0.4, 0.5) is 0 Å². The Bertz CT molecular complexity index is 1320. The molecule has 2 N–H and O–H groups in total. The van der Waals surface area contributed by atoms with Crippen molar-refractivity contribution in [2.75, 3.05) is 13.2 Å². The Balaban J connectivity index is 1.52. The second-order valence-corrected chi connectivity index (χ2v) is 9.10. The minimum absolute atomic E-state index is 0.164. The zero-order valence-electron chi connectivity index (χ0n) is 18.5. The van der Waals surface area contributed by atoms with Gasteiger partial charge in [0, 0.05) is 29.7 Å². The number of ether oxygens (including phenoxy) is 3. The SMILES string of the molecule is CC1(C)C=C(c2cnc3c(c2)[C@]2(COC(N)=N2)c2cc(-c4cccnc4)ccc2O3)CCO1. The van der Waals surface area contributed by atoms with Gasteiger partial charge in [0.1, 0.15) is 12.4 Å². The number of hydrogen-bond acceptors (Lipinski definition) is 7. The normalized spacial score (nSPS) is 22.5. The lowest BCUT2D eigenvalue weighted by molar-refractivity contribution is 0.0165. The largest absolute Gasteiger partial charge is 0.462 e. The summed E-state index contributed by atoms with van der Waals surface area (Å²) in [4.78, 5) is 13.7. The number of aromatic nitrogens is 2. The van der Waals surface area contributed by atoms with Gasteiger partial charge in [0.2, 0.25) is 5.88 Å². The van der Waals surface area contributed by atoms with Gasteiger partial charge in [-0.3, -0.25) is 4.98 Å². The number of fused-ring (bicyclic) bond motifs is 4. The summed E-state index contributed by atoms with van der Waals surface area (Å²) in [5, 5.41) is 0. The van der Waals surface area contributed by atoms with Gasteiger partial charge in [-0.15, -0.1) is 0 Å². The van der Waals surface area contributed by atoms with Gasteiger partial charge in [-0.25, -0.2) is 9.98 Å². The van der Waals surface area contributed by atoms with E-state index in [9.17, 15) is 0 Å². The molecule has 5 heterocycles. The van der Waals surface area contributed by atoms with Gasteiger partial charge in [-0.2, -0.15) is 0 Å². The Morgan fingerprint density at radius 2 is 1.88 bits per heavy atom. The number of pyridine rings is 2. The van der Waals surface area contributed by atoms with Gasteiger partial charge >= 0.3 is 0 Å². The quantitative estimate of drug-likeness (QED) is 0.634. The number of nitrogens with two attached hydrogens (primary N) is 1. The van der Waals surface area contributed by atoms with Gasteiger partial charge in [0.05, 0.1) is 17.8 Å². The van der Waals surface area contributed by atoms with E-state index in [2.05, 4.69) is 42.0 Å². The van der Waals surface area contributed by atoms with Crippen LogP contribution in [0.2, 0.25) is 0 Å². The van der Waals surface area contributed by atoms with E-state index in [4.69, 9.17) is 24.9 Å². The predicted molar refractivity (Wildman–Crippen MR) is 125 cm³/mol. The van der Waals surface area contributed by atoms with Gasteiger partial charge < -0.3 is 19.9 Å². The molecule has 2 aromatic heterocycles. The van der Waals surface area contributed by atoms with Crippen molar-refractivity contribution in [3.8, 4) is 22.8 Å². The first-order valence-corrected chi connectivity index (χ1v) is 11.0. The maximum Gasteiger partial charge on any atom is 0.283 e. The third-order valence-electron chi connectivity index (χ3n) is 6.39. The number of rotatable bonds is 2. The molecule has 0 bridgehead atoms. The van der Waals surface area contributed by atoms with Crippen molar-refractivity contribution >= 4 is 11.6 Å². The fourth-order valence-corrected chi connectivity index (χ4v) is 4.80. The molecule has 0 radical (unpaired) electrons. The smallest absolute Gasteiger partial charge is 0.283 e. The summed E-state index contributed by atoms with van der Waals surface area (Å²) in [5.41, 5.74) is 10.9. The summed E-state index contributed by atoms with van der Waals surface area (Å²) in [7, 11) is 0. The van der Waals surface area contributed by atoms with Crippen LogP contribution in [-0.2, 0) is 15.0 Å². The molecule has 0 amide bonds. The highest BCUT2D eigenvalue weighted by molar-refractivity contribution is 5.78. The highest BCUT2D eigenvalue weighted by Crippen LogP contribution is 2.51. The van der Waals surface area contributed by atoms with E-state index in [0.717, 1.165) is 34.2 Å². The number of aliphatic imine (C=N–C) groups is 1. The molecular formula is C26H24N4O3. The Labute approximate surface area is 192 Å². The van der Waals surface area contributed by atoms with Crippen LogP contribution in [0.1, 0.15) is 37.0 Å². The van der Waals surface area contributed by atoms with Crippen molar-refractivity contribution in [3.05, 3.63) is 77.8 Å². The predicted octanol–water partition coefficient (Wildman–Crippen LogP) is 4.42. The van der Waals surface area contributed by atoms with Crippen LogP contribution in [0.5, 0.6) is 11.6 Å². The van der Waals surface area contributed by atoms with Gasteiger partial charge in [0.25, 0.3) is 6.02 Å². The molecule has 7 nitrogen and oxygen atoms in total. The van der Waals surface area contributed by atoms with Crippen LogP contribution in [0.3, 0.4) is 0 Å². The first kappa shape index (κ1) is 19.9. The minimum Gasteiger partial charge on any atom is -0.462 e. The zero-order chi connectivity index (χ0) is 22.6. The van der Waals surface area contributed by atoms with Crippen LogP contribution in [0.25, 0.3) is 16.7 Å². The van der Waals surface area contributed by atoms with Gasteiger partial charge in [-0.05, 0) is 67.3 Å². The molecule has 6 rings (SSSR count). The summed E-state index contributed by atoms with van der Waals surface area (Å²) in [6.45, 7) is 5.09. The van der Waals surface area contributed by atoms with Crippen molar-refractivity contribution in [2.45, 2.75) is 31.4 Å². The van der Waals surface area contributed by atoms with Gasteiger partial charge in [-0.1, -0.05) is 12.1 Å². The summed E-state index contributed by atoms with van der Waals surface area (Å²) in [6, 6.07) is 12.3. The summed E-state index contributed by atoms with van der Waals surface area (Å²) >= 11 is 0. The Hall–Kier alpha value is -3.71. The molecule has 0 saturated carbocycles. The molecule has 33 heavy (non-hydrogen) atoms. The molecule has 3 aromatic rings. The third kappa shape index (κ3) is 3.27. The van der Waals surface area contributed by atoms with E-state index in [1.807, 2.05) is 36.7 Å². The van der Waals surface area contributed by atoms with Gasteiger partial charge in [0.15, 0.2) is 5.54 Å². The average Bonchev–Trinajstić information content (AvgIpc) is 3.21. The standard InChI is InChI=1S/C26H24N4O3/c1-25(2)12-17(7-9-32-25)19-11-21-23(29-14-19)33-22-6-5-16(18-4-3-8-28-13-18)10-20(22)26(21)15-31-24(27)30-26/h3-6,8,10-14H,7,9,15H2,1-2H3,(H2,27,30)/t26-/m0/s1. The number of benzene rings is 1. The topological polar surface area (TPSA) is 91.9 Å². The van der Waals surface area contributed by atoms with Crippen LogP contribution in [0.15, 0.2) is 66.1 Å². The summed E-state index contributed by atoms with van der Waals surface area (Å²) in [5.74, 6) is 1.22. The van der Waals surface area contributed by atoms with E-state index in [1.54, 1.807) is 6.20 Å². The molecule has 1 atom stereocenters. The molecule has 0 saturated heterocycles. The van der Waals surface area contributed by atoms with E-state index in [0.29, 0.717) is 18.2 Å². The first-order chi connectivity index (χ1) is 15.9. The van der Waals surface area contributed by atoms with E-state index >= 15 is 0 Å². The molecule has 0 aliphatic carbocycles. The van der Waals surface area contributed by atoms with Crippen LogP contribution < -0.4 is 10.5 Å². The van der Waals surface area contributed by atoms with Crippen molar-refractivity contribution in [3.63, 3.8) is 0 Å². The van der Waals surface area contributed by atoms with E-state index in [-0.39, 0.29) is 18.2 Å². The third-order valence-corrected chi connectivity index (χ3v) is 6.39. The number of hydrogen-bond donors (Lipinski definition) is 1. The Morgan fingerprint density at radius 1 is 1.00 bits per heavy atom.